The first kappa shape index (κ1) is 14.7. The largest absolute Gasteiger partial charge is 0.508 e. The van der Waals surface area contributed by atoms with Gasteiger partial charge in [0.05, 0.1) is 15.0 Å². The van der Waals surface area contributed by atoms with Crippen LogP contribution < -0.4 is 4.72 Å². The second-order valence-electron chi connectivity index (χ2n) is 3.46. The highest BCUT2D eigenvalue weighted by Gasteiger charge is 2.22. The number of benzene rings is 1. The predicted octanol–water partition coefficient (Wildman–Crippen LogP) is 4.21. The number of sulfonamides is 1. The van der Waals surface area contributed by atoms with Crippen LogP contribution in [0, 0.1) is 0 Å². The zero-order valence-electron chi connectivity index (χ0n) is 9.02. The number of nitrogens with one attached hydrogen (secondary N) is 1. The van der Waals surface area contributed by atoms with E-state index in [4.69, 9.17) is 34.8 Å². The zero-order valence-corrected chi connectivity index (χ0v) is 12.9. The molecule has 0 fully saturated rings. The van der Waals surface area contributed by atoms with Gasteiger partial charge in [0, 0.05) is 6.07 Å². The van der Waals surface area contributed by atoms with E-state index in [1.54, 1.807) is 0 Å². The van der Waals surface area contributed by atoms with Gasteiger partial charge in [0.15, 0.2) is 0 Å². The fourth-order valence-electron chi connectivity index (χ4n) is 1.29. The van der Waals surface area contributed by atoms with Crippen LogP contribution in [0.1, 0.15) is 0 Å². The van der Waals surface area contributed by atoms with Gasteiger partial charge in [-0.25, -0.2) is 8.42 Å². The van der Waals surface area contributed by atoms with Crippen molar-refractivity contribution in [3.05, 3.63) is 38.0 Å². The van der Waals surface area contributed by atoms with Gasteiger partial charge in [0.2, 0.25) is 0 Å². The molecule has 1 aromatic carbocycles. The SMILES string of the molecule is O=S(=O)(Nc1ccc(O)cc1Cl)c1cc(Cl)sc1Cl. The van der Waals surface area contributed by atoms with Crippen LogP contribution in [0.25, 0.3) is 0 Å². The third-order valence-corrected chi connectivity index (χ3v) is 5.54. The lowest BCUT2D eigenvalue weighted by Crippen LogP contribution is -2.12. The van der Waals surface area contributed by atoms with Gasteiger partial charge >= 0.3 is 0 Å². The number of phenolic OH excluding ortho intramolecular Hbond substituents is 1. The molecule has 102 valence electrons. The maximum Gasteiger partial charge on any atom is 0.264 e. The maximum absolute atomic E-state index is 12.1. The Kier molecular flexibility index (Phi) is 4.17. The van der Waals surface area contributed by atoms with Gasteiger partial charge in [-0.05, 0) is 18.2 Å². The Balaban J connectivity index is 2.39. The van der Waals surface area contributed by atoms with Crippen LogP contribution in [0.3, 0.4) is 0 Å². The summed E-state index contributed by atoms with van der Waals surface area (Å²) in [4.78, 5) is -0.117. The summed E-state index contributed by atoms with van der Waals surface area (Å²) in [5, 5.41) is 9.27. The Hall–Kier alpha value is -0.660. The molecule has 9 heteroatoms. The van der Waals surface area contributed by atoms with Crippen molar-refractivity contribution in [3.63, 3.8) is 0 Å². The summed E-state index contributed by atoms with van der Waals surface area (Å²) in [7, 11) is -3.88. The van der Waals surface area contributed by atoms with Gasteiger partial charge in [-0.15, -0.1) is 11.3 Å². The Bertz CT molecular complexity index is 728. The predicted molar refractivity (Wildman–Crippen MR) is 78.3 cm³/mol. The molecule has 0 aliphatic carbocycles. The second kappa shape index (κ2) is 5.38. The molecule has 0 saturated heterocycles. The van der Waals surface area contributed by atoms with Crippen LogP contribution in [0.15, 0.2) is 29.2 Å². The average molecular weight is 359 g/mol. The van der Waals surface area contributed by atoms with Gasteiger partial charge in [0.1, 0.15) is 15.0 Å². The molecule has 0 aliphatic heterocycles. The molecule has 0 atom stereocenters. The minimum atomic E-state index is -3.88. The fraction of sp³-hybridized carbons (Fsp3) is 0. The quantitative estimate of drug-likeness (QED) is 0.808. The van der Waals surface area contributed by atoms with Crippen LogP contribution >= 0.6 is 46.1 Å². The van der Waals surface area contributed by atoms with E-state index in [-0.39, 0.29) is 30.0 Å². The molecule has 0 aliphatic rings. The third-order valence-electron chi connectivity index (χ3n) is 2.11. The van der Waals surface area contributed by atoms with E-state index in [1.165, 1.54) is 24.3 Å². The fourth-order valence-corrected chi connectivity index (χ4v) is 4.80. The molecule has 2 aromatic rings. The topological polar surface area (TPSA) is 66.4 Å². The smallest absolute Gasteiger partial charge is 0.264 e. The minimum absolute atomic E-state index is 0.0624. The normalized spacial score (nSPS) is 11.5. The number of anilines is 1. The van der Waals surface area contributed by atoms with E-state index in [0.29, 0.717) is 0 Å². The molecule has 0 unspecified atom stereocenters. The Morgan fingerprint density at radius 1 is 1.16 bits per heavy atom. The lowest BCUT2D eigenvalue weighted by atomic mass is 10.3. The third kappa shape index (κ3) is 3.27. The molecule has 2 rings (SSSR count). The standard InChI is InChI=1S/C10H6Cl3NO3S2/c11-6-3-5(15)1-2-7(6)14-19(16,17)8-4-9(12)18-10(8)13/h1-4,14-15H. The second-order valence-corrected chi connectivity index (χ2v) is 7.80. The number of phenols is 1. The van der Waals surface area contributed by atoms with E-state index < -0.39 is 10.0 Å². The van der Waals surface area contributed by atoms with Gasteiger partial charge in [-0.1, -0.05) is 34.8 Å². The Morgan fingerprint density at radius 2 is 1.84 bits per heavy atom. The molecule has 0 bridgehead atoms. The van der Waals surface area contributed by atoms with Crippen LogP contribution in [0.4, 0.5) is 5.69 Å². The van der Waals surface area contributed by atoms with Gasteiger partial charge in [-0.3, -0.25) is 4.72 Å². The van der Waals surface area contributed by atoms with Crippen molar-refractivity contribution in [3.8, 4) is 5.75 Å². The van der Waals surface area contributed by atoms with Crippen molar-refractivity contribution in [2.45, 2.75) is 4.90 Å². The zero-order chi connectivity index (χ0) is 14.2. The van der Waals surface area contributed by atoms with Crippen molar-refractivity contribution >= 4 is 61.9 Å². The van der Waals surface area contributed by atoms with Crippen LogP contribution in [0.5, 0.6) is 5.75 Å². The summed E-state index contributed by atoms with van der Waals surface area (Å²) in [5.74, 6) is -0.0652. The molecule has 0 saturated carbocycles. The molecule has 0 spiro atoms. The molecular formula is C10H6Cl3NO3S2. The van der Waals surface area contributed by atoms with E-state index in [9.17, 15) is 13.5 Å². The van der Waals surface area contributed by atoms with Crippen LogP contribution in [-0.4, -0.2) is 13.5 Å². The molecule has 2 N–H and O–H groups in total. The number of thiophene rings is 1. The van der Waals surface area contributed by atoms with Crippen molar-refractivity contribution in [2.24, 2.45) is 0 Å². The van der Waals surface area contributed by atoms with Crippen molar-refractivity contribution in [1.82, 2.24) is 0 Å². The highest BCUT2D eigenvalue weighted by molar-refractivity contribution is 7.93. The number of aromatic hydroxyl groups is 1. The Morgan fingerprint density at radius 3 is 2.37 bits per heavy atom. The lowest BCUT2D eigenvalue weighted by Gasteiger charge is -2.08. The van der Waals surface area contributed by atoms with Gasteiger partial charge in [0.25, 0.3) is 10.0 Å². The molecular weight excluding hydrogens is 353 g/mol. The molecule has 1 aromatic heterocycles. The highest BCUT2D eigenvalue weighted by Crippen LogP contribution is 2.36. The lowest BCUT2D eigenvalue weighted by molar-refractivity contribution is 0.475. The number of rotatable bonds is 3. The summed E-state index contributed by atoms with van der Waals surface area (Å²) in [6.45, 7) is 0. The van der Waals surface area contributed by atoms with Gasteiger partial charge in [-0.2, -0.15) is 0 Å². The average Bonchev–Trinajstić information content (AvgIpc) is 2.63. The van der Waals surface area contributed by atoms with Crippen molar-refractivity contribution in [1.29, 1.82) is 0 Å². The molecule has 4 nitrogen and oxygen atoms in total. The van der Waals surface area contributed by atoms with Crippen LogP contribution in [-0.2, 0) is 10.0 Å². The first-order chi connectivity index (χ1) is 8.79. The monoisotopic (exact) mass is 357 g/mol. The molecule has 1 heterocycles. The van der Waals surface area contributed by atoms with Gasteiger partial charge < -0.3 is 5.11 Å². The number of hydrogen-bond acceptors (Lipinski definition) is 4. The summed E-state index contributed by atoms with van der Waals surface area (Å²) in [5.41, 5.74) is 0.137. The maximum atomic E-state index is 12.1. The molecule has 0 amide bonds. The molecule has 0 radical (unpaired) electrons. The van der Waals surface area contributed by atoms with E-state index >= 15 is 0 Å². The number of halogens is 3. The number of hydrogen-bond donors (Lipinski definition) is 2. The minimum Gasteiger partial charge on any atom is -0.508 e. The van der Waals surface area contributed by atoms with Crippen molar-refractivity contribution in [2.75, 3.05) is 4.72 Å². The van der Waals surface area contributed by atoms with Crippen molar-refractivity contribution < 1.29 is 13.5 Å². The van der Waals surface area contributed by atoms with E-state index in [0.717, 1.165) is 11.3 Å². The summed E-state index contributed by atoms with van der Waals surface area (Å²) in [6, 6.07) is 5.13. The first-order valence-electron chi connectivity index (χ1n) is 4.76. The van der Waals surface area contributed by atoms with E-state index in [1.807, 2.05) is 0 Å². The van der Waals surface area contributed by atoms with Crippen LogP contribution in [0.2, 0.25) is 13.7 Å². The summed E-state index contributed by atoms with van der Waals surface area (Å²) >= 11 is 18.3. The first-order valence-corrected chi connectivity index (χ1v) is 8.19. The highest BCUT2D eigenvalue weighted by atomic mass is 35.5. The molecule has 19 heavy (non-hydrogen) atoms. The summed E-state index contributed by atoms with van der Waals surface area (Å²) in [6.07, 6.45) is 0. The Labute approximate surface area is 128 Å². The summed E-state index contributed by atoms with van der Waals surface area (Å²) < 4.78 is 26.8. The van der Waals surface area contributed by atoms with E-state index in [2.05, 4.69) is 4.72 Å².